The molecular weight excluding hydrogens is 382 g/mol. The van der Waals surface area contributed by atoms with Gasteiger partial charge in [0, 0.05) is 12.5 Å². The third kappa shape index (κ3) is 2.98. The van der Waals surface area contributed by atoms with Crippen molar-refractivity contribution in [1.29, 1.82) is 0 Å². The molecule has 2 N–H and O–H groups in total. The number of fused-ring (bicyclic) bond motifs is 2. The largest absolute Gasteiger partial charge is 0.430 e. The van der Waals surface area contributed by atoms with Gasteiger partial charge in [-0.3, -0.25) is 4.79 Å². The predicted molar refractivity (Wildman–Crippen MR) is 80.5 cm³/mol. The summed E-state index contributed by atoms with van der Waals surface area (Å²) < 4.78 is 77.4. The number of alkyl halides is 6. The Balaban J connectivity index is 1.67. The quantitative estimate of drug-likeness (QED) is 0.714. The highest BCUT2D eigenvalue weighted by Crippen LogP contribution is 2.59. The molecule has 3 aliphatic carbocycles. The van der Waals surface area contributed by atoms with Crippen LogP contribution in [0.1, 0.15) is 39.5 Å². The number of nitrogens with one attached hydrogen (secondary N) is 1. The molecule has 3 fully saturated rings. The first-order chi connectivity index (χ1) is 12.2. The zero-order chi connectivity index (χ0) is 20.4. The summed E-state index contributed by atoms with van der Waals surface area (Å²) >= 11 is 0. The van der Waals surface area contributed by atoms with Crippen molar-refractivity contribution < 1.29 is 41.1 Å². The van der Waals surface area contributed by atoms with E-state index in [1.54, 1.807) is 0 Å². The fourth-order valence-corrected chi connectivity index (χ4v) is 4.50. The van der Waals surface area contributed by atoms with Crippen LogP contribution in [-0.2, 0) is 9.63 Å². The summed E-state index contributed by atoms with van der Waals surface area (Å²) in [5.74, 6) is -0.114. The van der Waals surface area contributed by atoms with Gasteiger partial charge in [-0.25, -0.2) is 0 Å². The number of nitrogens with zero attached hydrogens (tertiary/aromatic N) is 1. The van der Waals surface area contributed by atoms with E-state index in [1.165, 1.54) is 0 Å². The second-order valence-electron chi connectivity index (χ2n) is 8.12. The minimum atomic E-state index is -6.04. The predicted octanol–water partition coefficient (Wildman–Crippen LogP) is 2.93. The zero-order valence-corrected chi connectivity index (χ0v) is 14.6. The number of carbonyl (C=O) groups excluding carboxylic acids is 1. The molecule has 4 aliphatic rings. The van der Waals surface area contributed by atoms with Crippen molar-refractivity contribution in [3.05, 3.63) is 0 Å². The topological polar surface area (TPSA) is 70.9 Å². The molecule has 0 aromatic heterocycles. The normalized spacial score (nSPS) is 33.0. The highest BCUT2D eigenvalue weighted by Gasteiger charge is 2.76. The van der Waals surface area contributed by atoms with Gasteiger partial charge in [0.15, 0.2) is 6.10 Å². The van der Waals surface area contributed by atoms with E-state index in [4.69, 9.17) is 0 Å². The molecule has 2 bridgehead atoms. The molecule has 0 radical (unpaired) electrons. The van der Waals surface area contributed by atoms with E-state index in [2.05, 4.69) is 29.2 Å². The number of oxime groups is 1. The molecule has 0 aromatic carbocycles. The summed E-state index contributed by atoms with van der Waals surface area (Å²) in [6.45, 7) is 4.15. The lowest BCUT2D eigenvalue weighted by molar-refractivity contribution is -0.392. The molecule has 0 aromatic rings. The molecule has 27 heavy (non-hydrogen) atoms. The minimum Gasteiger partial charge on any atom is -0.388 e. The number of carbonyl (C=O) groups is 1. The first-order valence-electron chi connectivity index (χ1n) is 8.59. The Morgan fingerprint density at radius 1 is 1.19 bits per heavy atom. The Morgan fingerprint density at radius 2 is 1.78 bits per heavy atom. The Bertz CT molecular complexity index is 642. The lowest BCUT2D eigenvalue weighted by atomic mass is 9.47. The first kappa shape index (κ1) is 20.2. The average molecular weight is 402 g/mol. The second kappa shape index (κ2) is 5.99. The maximum absolute atomic E-state index is 12.9. The van der Waals surface area contributed by atoms with Crippen molar-refractivity contribution in [2.45, 2.75) is 69.6 Å². The fourth-order valence-electron chi connectivity index (χ4n) is 4.50. The standard InChI is InChI=1S/C16H20F6N2O3/c1-13(2)7-3-4-9(8(13)5-7)23-12(25)10-6-11(27-24-10)14(26,15(17,18)19)16(20,21)22/h7-9,11,26H,3-6H2,1-2H3,(H,23,25). The van der Waals surface area contributed by atoms with Crippen LogP contribution in [0.3, 0.4) is 0 Å². The number of amides is 1. The third-order valence-electron chi connectivity index (χ3n) is 6.44. The number of hydrogen-bond donors (Lipinski definition) is 2. The first-order valence-corrected chi connectivity index (χ1v) is 8.59. The zero-order valence-electron chi connectivity index (χ0n) is 14.6. The molecule has 0 saturated heterocycles. The van der Waals surface area contributed by atoms with Gasteiger partial charge in [0.25, 0.3) is 11.5 Å². The van der Waals surface area contributed by atoms with Gasteiger partial charge < -0.3 is 15.3 Å². The molecule has 1 amide bonds. The fraction of sp³-hybridized carbons (Fsp3) is 0.875. The van der Waals surface area contributed by atoms with E-state index in [0.717, 1.165) is 12.8 Å². The van der Waals surface area contributed by atoms with E-state index < -0.39 is 42.1 Å². The molecule has 4 rings (SSSR count). The monoisotopic (exact) mass is 402 g/mol. The van der Waals surface area contributed by atoms with E-state index in [0.29, 0.717) is 12.3 Å². The number of aliphatic hydroxyl groups is 1. The summed E-state index contributed by atoms with van der Waals surface area (Å²) in [5, 5.41) is 15.1. The molecule has 3 saturated carbocycles. The smallest absolute Gasteiger partial charge is 0.388 e. The van der Waals surface area contributed by atoms with Crippen molar-refractivity contribution in [3.8, 4) is 0 Å². The SMILES string of the molecule is CC1(C)C2CCC(NC(=O)C3=NOC(C(O)(C(F)(F)F)C(F)(F)F)C3)C1C2. The molecule has 154 valence electrons. The summed E-state index contributed by atoms with van der Waals surface area (Å²) in [6, 6.07) is -0.219. The van der Waals surface area contributed by atoms with Crippen LogP contribution in [0.15, 0.2) is 5.16 Å². The van der Waals surface area contributed by atoms with Gasteiger partial charge in [-0.1, -0.05) is 19.0 Å². The van der Waals surface area contributed by atoms with Crippen molar-refractivity contribution in [3.63, 3.8) is 0 Å². The Morgan fingerprint density at radius 3 is 2.26 bits per heavy atom. The lowest BCUT2D eigenvalue weighted by Gasteiger charge is -2.60. The molecule has 4 atom stereocenters. The van der Waals surface area contributed by atoms with E-state index in [-0.39, 0.29) is 17.4 Å². The molecule has 1 heterocycles. The summed E-state index contributed by atoms with van der Waals surface area (Å²) in [5.41, 5.74) is -5.68. The van der Waals surface area contributed by atoms with Crippen LogP contribution in [0.4, 0.5) is 26.3 Å². The van der Waals surface area contributed by atoms with E-state index in [9.17, 15) is 36.2 Å². The van der Waals surface area contributed by atoms with Crippen molar-refractivity contribution in [2.24, 2.45) is 22.4 Å². The average Bonchev–Trinajstić information content (AvgIpc) is 3.02. The summed E-state index contributed by atoms with van der Waals surface area (Å²) in [4.78, 5) is 16.5. The number of rotatable bonds is 3. The molecule has 11 heteroatoms. The van der Waals surface area contributed by atoms with E-state index in [1.807, 2.05) is 0 Å². The van der Waals surface area contributed by atoms with Crippen LogP contribution in [0, 0.1) is 17.3 Å². The van der Waals surface area contributed by atoms with Crippen LogP contribution in [0.25, 0.3) is 0 Å². The van der Waals surface area contributed by atoms with Crippen molar-refractivity contribution in [1.82, 2.24) is 5.32 Å². The molecular formula is C16H20F6N2O3. The lowest BCUT2D eigenvalue weighted by Crippen LogP contribution is -2.64. The molecule has 4 unspecified atom stereocenters. The van der Waals surface area contributed by atoms with Crippen LogP contribution >= 0.6 is 0 Å². The highest BCUT2D eigenvalue weighted by molar-refractivity contribution is 6.39. The molecule has 0 spiro atoms. The molecule has 1 aliphatic heterocycles. The van der Waals surface area contributed by atoms with Crippen molar-refractivity contribution >= 4 is 11.6 Å². The maximum Gasteiger partial charge on any atom is 0.430 e. The van der Waals surface area contributed by atoms with Crippen LogP contribution in [0.5, 0.6) is 0 Å². The van der Waals surface area contributed by atoms with Gasteiger partial charge in [-0.15, -0.1) is 0 Å². The number of hydrogen-bond acceptors (Lipinski definition) is 4. The van der Waals surface area contributed by atoms with Gasteiger partial charge in [0.05, 0.1) is 0 Å². The van der Waals surface area contributed by atoms with Crippen molar-refractivity contribution in [2.75, 3.05) is 0 Å². The summed E-state index contributed by atoms with van der Waals surface area (Å²) in [7, 11) is 0. The van der Waals surface area contributed by atoms with Crippen LogP contribution in [0.2, 0.25) is 0 Å². The van der Waals surface area contributed by atoms with Gasteiger partial charge in [0.1, 0.15) is 5.71 Å². The van der Waals surface area contributed by atoms with Gasteiger partial charge in [0.2, 0.25) is 0 Å². The number of halogens is 6. The Labute approximate surface area is 151 Å². The van der Waals surface area contributed by atoms with Gasteiger partial charge in [-0.05, 0) is 36.5 Å². The summed E-state index contributed by atoms with van der Waals surface area (Å²) in [6.07, 6.45) is -13.4. The second-order valence-corrected chi connectivity index (χ2v) is 8.12. The minimum absolute atomic E-state index is 0.0273. The Hall–Kier alpha value is -1.52. The Kier molecular flexibility index (Phi) is 4.48. The molecule has 5 nitrogen and oxygen atoms in total. The van der Waals surface area contributed by atoms with E-state index >= 15 is 0 Å². The van der Waals surface area contributed by atoms with Crippen LogP contribution < -0.4 is 5.32 Å². The van der Waals surface area contributed by atoms with Gasteiger partial charge in [-0.2, -0.15) is 26.3 Å². The van der Waals surface area contributed by atoms with Gasteiger partial charge >= 0.3 is 12.4 Å². The third-order valence-corrected chi connectivity index (χ3v) is 6.44. The van der Waals surface area contributed by atoms with Crippen LogP contribution in [-0.4, -0.2) is 46.8 Å². The maximum atomic E-state index is 12.9. The highest BCUT2D eigenvalue weighted by atomic mass is 19.4.